The summed E-state index contributed by atoms with van der Waals surface area (Å²) in [5.74, 6) is 1.40. The molecule has 0 unspecified atom stereocenters. The number of rotatable bonds is 7. The van der Waals surface area contributed by atoms with Crippen LogP contribution in [0.5, 0.6) is 5.75 Å². The number of benzene rings is 1. The van der Waals surface area contributed by atoms with Gasteiger partial charge in [-0.25, -0.2) is 0 Å². The Kier molecular flexibility index (Phi) is 6.03. The summed E-state index contributed by atoms with van der Waals surface area (Å²) >= 11 is 5.93. The fourth-order valence-electron chi connectivity index (χ4n) is 1.91. The molecule has 1 heterocycles. The molecule has 0 radical (unpaired) electrons. The molecule has 1 aromatic heterocycles. The van der Waals surface area contributed by atoms with E-state index in [1.165, 1.54) is 0 Å². The lowest BCUT2D eigenvalue weighted by molar-refractivity contribution is 0.301. The van der Waals surface area contributed by atoms with Gasteiger partial charge in [0.15, 0.2) is 0 Å². The van der Waals surface area contributed by atoms with Gasteiger partial charge in [0.25, 0.3) is 0 Å². The highest BCUT2D eigenvalue weighted by Gasteiger charge is 2.01. The lowest BCUT2D eigenvalue weighted by Gasteiger charge is -2.09. The zero-order valence-corrected chi connectivity index (χ0v) is 13.2. The molecule has 0 aliphatic rings. The van der Waals surface area contributed by atoms with E-state index in [0.29, 0.717) is 17.5 Å². The van der Waals surface area contributed by atoms with Crippen LogP contribution in [-0.2, 0) is 13.2 Å². The molecule has 112 valence electrons. The van der Waals surface area contributed by atoms with E-state index in [-0.39, 0.29) is 0 Å². The van der Waals surface area contributed by atoms with Crippen molar-refractivity contribution < 1.29 is 4.74 Å². The second-order valence-electron chi connectivity index (χ2n) is 5.39. The van der Waals surface area contributed by atoms with Crippen LogP contribution in [0.1, 0.15) is 25.2 Å². The average Bonchev–Trinajstić information content (AvgIpc) is 2.45. The Morgan fingerprint density at radius 2 is 1.90 bits per heavy atom. The van der Waals surface area contributed by atoms with Gasteiger partial charge in [-0.2, -0.15) is 0 Å². The van der Waals surface area contributed by atoms with Crippen molar-refractivity contribution in [1.82, 2.24) is 10.3 Å². The molecular formula is C17H21ClN2O. The number of nitrogens with zero attached hydrogens (tertiary/aromatic N) is 1. The highest BCUT2D eigenvalue weighted by atomic mass is 35.5. The van der Waals surface area contributed by atoms with Crippen LogP contribution < -0.4 is 10.1 Å². The Hall–Kier alpha value is -1.58. The Bertz CT molecular complexity index is 572. The molecule has 2 aromatic rings. The second kappa shape index (κ2) is 8.01. The topological polar surface area (TPSA) is 34.1 Å². The van der Waals surface area contributed by atoms with Crippen molar-refractivity contribution in [3.8, 4) is 5.75 Å². The standard InChI is InChI=1S/C17H21ClN2O/c1-13(2)10-19-11-15-6-4-7-16(20-15)12-21-17-8-3-5-14(18)9-17/h3-9,13,19H,10-12H2,1-2H3. The van der Waals surface area contributed by atoms with Crippen LogP contribution in [-0.4, -0.2) is 11.5 Å². The van der Waals surface area contributed by atoms with Crippen LogP contribution in [0.4, 0.5) is 0 Å². The predicted molar refractivity (Wildman–Crippen MR) is 86.6 cm³/mol. The van der Waals surface area contributed by atoms with Gasteiger partial charge in [0.2, 0.25) is 0 Å². The quantitative estimate of drug-likeness (QED) is 0.837. The minimum atomic E-state index is 0.443. The van der Waals surface area contributed by atoms with Gasteiger partial charge in [-0.05, 0) is 42.8 Å². The van der Waals surface area contributed by atoms with Gasteiger partial charge in [-0.15, -0.1) is 0 Å². The van der Waals surface area contributed by atoms with Gasteiger partial charge >= 0.3 is 0 Å². The van der Waals surface area contributed by atoms with Crippen LogP contribution in [0.2, 0.25) is 5.02 Å². The monoisotopic (exact) mass is 304 g/mol. The molecule has 0 saturated heterocycles. The number of aromatic nitrogens is 1. The summed E-state index contributed by atoms with van der Waals surface area (Å²) in [4.78, 5) is 4.59. The van der Waals surface area contributed by atoms with Crippen molar-refractivity contribution in [3.05, 3.63) is 58.9 Å². The number of pyridine rings is 1. The van der Waals surface area contributed by atoms with E-state index in [2.05, 4.69) is 24.1 Å². The number of halogens is 1. The summed E-state index contributed by atoms with van der Waals surface area (Å²) < 4.78 is 5.70. The van der Waals surface area contributed by atoms with Crippen molar-refractivity contribution in [1.29, 1.82) is 0 Å². The molecule has 0 aliphatic heterocycles. The average molecular weight is 305 g/mol. The SMILES string of the molecule is CC(C)CNCc1cccc(COc2cccc(Cl)c2)n1. The number of hydrogen-bond acceptors (Lipinski definition) is 3. The van der Waals surface area contributed by atoms with E-state index in [0.717, 1.165) is 30.2 Å². The minimum absolute atomic E-state index is 0.443. The smallest absolute Gasteiger partial charge is 0.130 e. The van der Waals surface area contributed by atoms with Crippen LogP contribution >= 0.6 is 11.6 Å². The Morgan fingerprint density at radius 1 is 1.14 bits per heavy atom. The molecule has 4 heteroatoms. The molecular weight excluding hydrogens is 284 g/mol. The summed E-state index contributed by atoms with van der Waals surface area (Å²) in [6, 6.07) is 13.4. The van der Waals surface area contributed by atoms with Gasteiger partial charge in [0, 0.05) is 11.6 Å². The van der Waals surface area contributed by atoms with Crippen molar-refractivity contribution in [2.45, 2.75) is 27.0 Å². The van der Waals surface area contributed by atoms with E-state index in [1.54, 1.807) is 6.07 Å². The molecule has 0 saturated carbocycles. The molecule has 2 rings (SSSR count). The third-order valence-electron chi connectivity index (χ3n) is 2.91. The highest BCUT2D eigenvalue weighted by molar-refractivity contribution is 6.30. The third kappa shape index (κ3) is 5.74. The van der Waals surface area contributed by atoms with Crippen LogP contribution in [0.3, 0.4) is 0 Å². The molecule has 0 atom stereocenters. The Balaban J connectivity index is 1.88. The van der Waals surface area contributed by atoms with Crippen molar-refractivity contribution in [2.24, 2.45) is 5.92 Å². The summed E-state index contributed by atoms with van der Waals surface area (Å²) in [6.07, 6.45) is 0. The molecule has 0 fully saturated rings. The van der Waals surface area contributed by atoms with Gasteiger partial charge in [-0.1, -0.05) is 37.6 Å². The first kappa shape index (κ1) is 15.8. The third-order valence-corrected chi connectivity index (χ3v) is 3.14. The van der Waals surface area contributed by atoms with Crippen LogP contribution in [0.15, 0.2) is 42.5 Å². The van der Waals surface area contributed by atoms with Gasteiger partial charge < -0.3 is 10.1 Å². The lowest BCUT2D eigenvalue weighted by Crippen LogP contribution is -2.19. The molecule has 1 aromatic carbocycles. The molecule has 1 N–H and O–H groups in total. The summed E-state index contributed by atoms with van der Waals surface area (Å²) in [7, 11) is 0. The molecule has 0 spiro atoms. The minimum Gasteiger partial charge on any atom is -0.487 e. The maximum absolute atomic E-state index is 5.93. The van der Waals surface area contributed by atoms with Crippen molar-refractivity contribution in [3.63, 3.8) is 0 Å². The molecule has 0 bridgehead atoms. The Labute approximate surface area is 131 Å². The van der Waals surface area contributed by atoms with Crippen LogP contribution in [0, 0.1) is 5.92 Å². The predicted octanol–water partition coefficient (Wildman–Crippen LogP) is 4.06. The molecule has 21 heavy (non-hydrogen) atoms. The van der Waals surface area contributed by atoms with E-state index in [4.69, 9.17) is 16.3 Å². The second-order valence-corrected chi connectivity index (χ2v) is 5.83. The highest BCUT2D eigenvalue weighted by Crippen LogP contribution is 2.18. The Morgan fingerprint density at radius 3 is 2.67 bits per heavy atom. The van der Waals surface area contributed by atoms with E-state index >= 15 is 0 Å². The van der Waals surface area contributed by atoms with E-state index in [1.807, 2.05) is 36.4 Å². The fourth-order valence-corrected chi connectivity index (χ4v) is 2.09. The normalized spacial score (nSPS) is 10.9. The maximum Gasteiger partial charge on any atom is 0.130 e. The first-order chi connectivity index (χ1) is 10.1. The maximum atomic E-state index is 5.93. The van der Waals surface area contributed by atoms with Crippen molar-refractivity contribution >= 4 is 11.6 Å². The van der Waals surface area contributed by atoms with Crippen LogP contribution in [0.25, 0.3) is 0 Å². The summed E-state index contributed by atoms with van der Waals surface area (Å²) in [5.41, 5.74) is 1.95. The summed E-state index contributed by atoms with van der Waals surface area (Å²) in [6.45, 7) is 6.60. The molecule has 0 aliphatic carbocycles. The van der Waals surface area contributed by atoms with E-state index < -0.39 is 0 Å². The largest absolute Gasteiger partial charge is 0.487 e. The number of ether oxygens (including phenoxy) is 1. The molecule has 0 amide bonds. The zero-order chi connectivity index (χ0) is 15.1. The van der Waals surface area contributed by atoms with Crippen molar-refractivity contribution in [2.75, 3.05) is 6.54 Å². The summed E-state index contributed by atoms with van der Waals surface area (Å²) in [5, 5.41) is 4.06. The fraction of sp³-hybridized carbons (Fsp3) is 0.353. The van der Waals surface area contributed by atoms with Gasteiger partial charge in [0.1, 0.15) is 12.4 Å². The first-order valence-electron chi connectivity index (χ1n) is 7.17. The van der Waals surface area contributed by atoms with Gasteiger partial charge in [-0.3, -0.25) is 4.98 Å². The molecule has 3 nitrogen and oxygen atoms in total. The lowest BCUT2D eigenvalue weighted by atomic mass is 10.2. The number of nitrogens with one attached hydrogen (secondary N) is 1. The first-order valence-corrected chi connectivity index (χ1v) is 7.55. The van der Waals surface area contributed by atoms with Gasteiger partial charge in [0.05, 0.1) is 11.4 Å². The zero-order valence-electron chi connectivity index (χ0n) is 12.5. The number of hydrogen-bond donors (Lipinski definition) is 1. The van der Waals surface area contributed by atoms with E-state index in [9.17, 15) is 0 Å².